The van der Waals surface area contributed by atoms with Gasteiger partial charge in [0.15, 0.2) is 0 Å². The van der Waals surface area contributed by atoms with E-state index in [4.69, 9.17) is 4.42 Å². The predicted octanol–water partition coefficient (Wildman–Crippen LogP) is 9.75. The van der Waals surface area contributed by atoms with Crippen molar-refractivity contribution >= 4 is 69.0 Å². The normalized spacial score (nSPS) is 17.7. The zero-order valence-corrected chi connectivity index (χ0v) is 25.2. The molecule has 7 aromatic rings. The van der Waals surface area contributed by atoms with E-state index < -0.39 is 0 Å². The first-order valence-corrected chi connectivity index (χ1v) is 16.6. The number of fused-ring (bicyclic) bond motifs is 10. The monoisotopic (exact) mass is 599 g/mol. The summed E-state index contributed by atoms with van der Waals surface area (Å²) in [6.45, 7) is 0. The van der Waals surface area contributed by atoms with Crippen LogP contribution in [-0.2, 0) is 0 Å². The summed E-state index contributed by atoms with van der Waals surface area (Å²) in [7, 11) is 0. The lowest BCUT2D eigenvalue weighted by molar-refractivity contribution is 0.669. The fraction of sp³-hybridized carbons (Fsp3) is 0.0500. The third-order valence-electron chi connectivity index (χ3n) is 9.22. The second kappa shape index (κ2) is 9.43. The molecule has 0 N–H and O–H groups in total. The zero-order chi connectivity index (χ0) is 28.8. The van der Waals surface area contributed by atoms with E-state index in [2.05, 4.69) is 132 Å². The fourth-order valence-electron chi connectivity index (χ4n) is 7.23. The maximum atomic E-state index is 6.12. The molecule has 4 heteroatoms. The summed E-state index contributed by atoms with van der Waals surface area (Å²) in [6, 6.07) is 46.4. The number of anilines is 2. The van der Waals surface area contributed by atoms with E-state index in [0.717, 1.165) is 21.9 Å². The minimum atomic E-state index is 0.199. The molecule has 10 rings (SSSR count). The van der Waals surface area contributed by atoms with E-state index in [9.17, 15) is 0 Å². The molecule has 6 aromatic carbocycles. The summed E-state index contributed by atoms with van der Waals surface area (Å²) in [6.07, 6.45) is 4.99. The topological polar surface area (TPSA) is 16.4 Å². The maximum Gasteiger partial charge on any atom is 0.135 e. The highest BCUT2D eigenvalue weighted by molar-refractivity contribution is 8.05. The number of rotatable bonds is 2. The molecule has 208 valence electrons. The van der Waals surface area contributed by atoms with E-state index in [1.807, 2.05) is 35.7 Å². The van der Waals surface area contributed by atoms with Gasteiger partial charge in [-0.05, 0) is 76.2 Å². The summed E-state index contributed by atoms with van der Waals surface area (Å²) >= 11 is 3.84. The first-order valence-electron chi connectivity index (χ1n) is 15.0. The van der Waals surface area contributed by atoms with Gasteiger partial charge in [-0.2, -0.15) is 0 Å². The van der Waals surface area contributed by atoms with E-state index in [1.165, 1.54) is 58.1 Å². The van der Waals surface area contributed by atoms with Gasteiger partial charge in [0.2, 0.25) is 0 Å². The number of nitrogens with zero attached hydrogens (tertiary/aromatic N) is 1. The fourth-order valence-corrected chi connectivity index (χ4v) is 9.68. The number of para-hydroxylation sites is 1. The van der Waals surface area contributed by atoms with Gasteiger partial charge in [-0.25, -0.2) is 0 Å². The third-order valence-corrected chi connectivity index (χ3v) is 11.8. The molecule has 44 heavy (non-hydrogen) atoms. The summed E-state index contributed by atoms with van der Waals surface area (Å²) in [4.78, 5) is 8.03. The van der Waals surface area contributed by atoms with Crippen LogP contribution in [0.15, 0.2) is 151 Å². The van der Waals surface area contributed by atoms with E-state index in [0.29, 0.717) is 0 Å². The van der Waals surface area contributed by atoms with Gasteiger partial charge < -0.3 is 9.32 Å². The lowest BCUT2D eigenvalue weighted by atomic mass is 9.89. The Hall–Kier alpha value is -4.64. The molecular weight excluding hydrogens is 575 g/mol. The minimum absolute atomic E-state index is 0.199. The van der Waals surface area contributed by atoms with Crippen LogP contribution in [0.5, 0.6) is 0 Å². The van der Waals surface area contributed by atoms with Gasteiger partial charge in [0.1, 0.15) is 11.2 Å². The van der Waals surface area contributed by atoms with Gasteiger partial charge in [0.05, 0.1) is 6.04 Å². The van der Waals surface area contributed by atoms with Crippen molar-refractivity contribution in [3.63, 3.8) is 0 Å². The second-order valence-corrected chi connectivity index (χ2v) is 13.8. The van der Waals surface area contributed by atoms with Crippen LogP contribution < -0.4 is 15.3 Å². The molecule has 2 aliphatic heterocycles. The van der Waals surface area contributed by atoms with E-state index in [1.54, 1.807) is 0 Å². The molecule has 3 aliphatic rings. The van der Waals surface area contributed by atoms with Crippen molar-refractivity contribution in [1.29, 1.82) is 0 Å². The summed E-state index contributed by atoms with van der Waals surface area (Å²) in [5, 5.41) is 4.94. The Morgan fingerprint density at radius 1 is 0.545 bits per heavy atom. The van der Waals surface area contributed by atoms with Gasteiger partial charge in [-0.1, -0.05) is 108 Å². The Morgan fingerprint density at radius 2 is 1.30 bits per heavy atom. The molecule has 0 amide bonds. The summed E-state index contributed by atoms with van der Waals surface area (Å²) < 4.78 is 6.12. The van der Waals surface area contributed by atoms with Gasteiger partial charge in [0, 0.05) is 53.2 Å². The van der Waals surface area contributed by atoms with Crippen LogP contribution in [0.1, 0.15) is 11.5 Å². The highest BCUT2D eigenvalue weighted by atomic mass is 32.2. The molecule has 1 aromatic heterocycles. The van der Waals surface area contributed by atoms with Crippen LogP contribution in [0.25, 0.3) is 45.2 Å². The number of benzene rings is 6. The SMILES string of the molecule is C1=c2ccccc2=CC2C1c1c(ccc3c1Sc1ccccc1S3)N2c1cccc(-c2ccc3oc4ccccc4c3c2)c1. The van der Waals surface area contributed by atoms with Crippen molar-refractivity contribution < 1.29 is 4.42 Å². The largest absolute Gasteiger partial charge is 0.456 e. The zero-order valence-electron chi connectivity index (χ0n) is 23.6. The molecule has 0 fully saturated rings. The van der Waals surface area contributed by atoms with E-state index in [-0.39, 0.29) is 12.0 Å². The van der Waals surface area contributed by atoms with Crippen molar-refractivity contribution in [3.8, 4) is 11.1 Å². The van der Waals surface area contributed by atoms with Crippen LogP contribution in [-0.4, -0.2) is 6.04 Å². The highest BCUT2D eigenvalue weighted by Gasteiger charge is 2.41. The molecule has 0 saturated carbocycles. The molecule has 3 heterocycles. The summed E-state index contributed by atoms with van der Waals surface area (Å²) in [5.74, 6) is 0.269. The molecule has 1 aliphatic carbocycles. The molecule has 2 atom stereocenters. The third kappa shape index (κ3) is 3.65. The van der Waals surface area contributed by atoms with Crippen molar-refractivity contribution in [3.05, 3.63) is 143 Å². The minimum Gasteiger partial charge on any atom is -0.456 e. The Balaban J connectivity index is 1.15. The van der Waals surface area contributed by atoms with Crippen LogP contribution >= 0.6 is 23.5 Å². The molecule has 0 spiro atoms. The van der Waals surface area contributed by atoms with Crippen molar-refractivity contribution in [2.75, 3.05) is 4.90 Å². The first kappa shape index (κ1) is 24.8. The first-order chi connectivity index (χ1) is 21.8. The number of hydrogen-bond acceptors (Lipinski definition) is 4. The van der Waals surface area contributed by atoms with Gasteiger partial charge in [0.25, 0.3) is 0 Å². The van der Waals surface area contributed by atoms with Gasteiger partial charge in [-0.15, -0.1) is 0 Å². The Kier molecular flexibility index (Phi) is 5.31. The standard InChI is InChI=1S/C40H25NOS2/c1-2-9-26-23-33-31(22-25(26)8-1)39-32(17-19-38-40(39)44-37-15-6-5-14-36(37)43-38)41(33)28-11-7-10-24(20-28)27-16-18-35-30(21-27)29-12-3-4-13-34(29)42-35/h1-23,31,33H. The lowest BCUT2D eigenvalue weighted by Gasteiger charge is -2.29. The van der Waals surface area contributed by atoms with E-state index >= 15 is 0 Å². The van der Waals surface area contributed by atoms with Gasteiger partial charge >= 0.3 is 0 Å². The van der Waals surface area contributed by atoms with Crippen LogP contribution in [0.4, 0.5) is 11.4 Å². The molecular formula is C40H25NOS2. The molecule has 2 unspecified atom stereocenters. The predicted molar refractivity (Wildman–Crippen MR) is 184 cm³/mol. The summed E-state index contributed by atoms with van der Waals surface area (Å²) in [5.41, 5.74) is 8.22. The number of hydrogen-bond donors (Lipinski definition) is 0. The highest BCUT2D eigenvalue weighted by Crippen LogP contribution is 2.58. The van der Waals surface area contributed by atoms with Crippen molar-refractivity contribution in [2.24, 2.45) is 0 Å². The molecule has 0 bridgehead atoms. The lowest BCUT2D eigenvalue weighted by Crippen LogP contribution is -2.38. The van der Waals surface area contributed by atoms with Crippen LogP contribution in [0.2, 0.25) is 0 Å². The molecule has 0 radical (unpaired) electrons. The van der Waals surface area contributed by atoms with Crippen LogP contribution in [0, 0.1) is 0 Å². The van der Waals surface area contributed by atoms with Gasteiger partial charge in [-0.3, -0.25) is 0 Å². The smallest absolute Gasteiger partial charge is 0.135 e. The Labute approximate surface area is 263 Å². The maximum absolute atomic E-state index is 6.12. The van der Waals surface area contributed by atoms with Crippen molar-refractivity contribution in [2.45, 2.75) is 31.5 Å². The average Bonchev–Trinajstić information content (AvgIpc) is 3.61. The Morgan fingerprint density at radius 3 is 2.20 bits per heavy atom. The second-order valence-electron chi connectivity index (χ2n) is 11.7. The van der Waals surface area contributed by atoms with Crippen LogP contribution in [0.3, 0.4) is 0 Å². The quantitative estimate of drug-likeness (QED) is 0.197. The number of furan rings is 1. The van der Waals surface area contributed by atoms with Crippen molar-refractivity contribution in [1.82, 2.24) is 0 Å². The molecule has 0 saturated heterocycles. The Bertz CT molecular complexity index is 2440. The molecule has 2 nitrogen and oxygen atoms in total. The average molecular weight is 600 g/mol.